The summed E-state index contributed by atoms with van der Waals surface area (Å²) in [5.74, 6) is 0.525. The van der Waals surface area contributed by atoms with Crippen molar-refractivity contribution in [2.75, 3.05) is 44.2 Å². The van der Waals surface area contributed by atoms with Crippen LogP contribution in [-0.2, 0) is 11.3 Å². The van der Waals surface area contributed by atoms with Gasteiger partial charge < -0.3 is 25.2 Å². The van der Waals surface area contributed by atoms with Crippen molar-refractivity contribution in [1.82, 2.24) is 9.80 Å². The summed E-state index contributed by atoms with van der Waals surface area (Å²) in [7, 11) is 0. The van der Waals surface area contributed by atoms with Crippen LogP contribution in [0.5, 0.6) is 0 Å². The smallest absolute Gasteiger partial charge is 0.410 e. The molecule has 0 unspecified atom stereocenters. The van der Waals surface area contributed by atoms with E-state index in [2.05, 4.69) is 46.3 Å². The summed E-state index contributed by atoms with van der Waals surface area (Å²) in [6.45, 7) is 10.6. The molecule has 0 aromatic heterocycles. The van der Waals surface area contributed by atoms with E-state index in [0.717, 1.165) is 18.7 Å². The predicted octanol–water partition coefficient (Wildman–Crippen LogP) is 3.05. The van der Waals surface area contributed by atoms with Crippen molar-refractivity contribution in [2.24, 2.45) is 10.7 Å². The van der Waals surface area contributed by atoms with Gasteiger partial charge in [0.05, 0.1) is 6.54 Å². The van der Waals surface area contributed by atoms with Gasteiger partial charge in [0.2, 0.25) is 0 Å². The maximum Gasteiger partial charge on any atom is 0.410 e. The van der Waals surface area contributed by atoms with E-state index < -0.39 is 5.60 Å². The van der Waals surface area contributed by atoms with E-state index in [0.29, 0.717) is 38.7 Å². The van der Waals surface area contributed by atoms with Gasteiger partial charge in [0, 0.05) is 45.0 Å². The van der Waals surface area contributed by atoms with Gasteiger partial charge in [-0.3, -0.25) is 0 Å². The molecule has 1 amide bonds. The Balaban J connectivity index is 0.00000300. The summed E-state index contributed by atoms with van der Waals surface area (Å²) in [5, 5.41) is 0. The highest BCUT2D eigenvalue weighted by molar-refractivity contribution is 14.0. The number of carbonyl (C=O) groups is 1. The van der Waals surface area contributed by atoms with Crippen LogP contribution >= 0.6 is 24.0 Å². The molecule has 29 heavy (non-hydrogen) atoms. The molecule has 3 rings (SSSR count). The quantitative estimate of drug-likeness (QED) is 0.291. The first-order valence-corrected chi connectivity index (χ1v) is 9.83. The van der Waals surface area contributed by atoms with Crippen LogP contribution in [0.1, 0.15) is 26.3 Å². The number of rotatable bonds is 3. The third kappa shape index (κ3) is 6.80. The molecule has 7 nitrogen and oxygen atoms in total. The number of carbonyl (C=O) groups excluding carboxylic acids is 1. The Hall–Kier alpha value is -1.97. The number of hydrogen-bond acceptors (Lipinski definition) is 4. The van der Waals surface area contributed by atoms with Crippen LogP contribution in [0.2, 0.25) is 0 Å². The van der Waals surface area contributed by atoms with Crippen molar-refractivity contribution in [3.05, 3.63) is 42.0 Å². The first-order valence-electron chi connectivity index (χ1n) is 9.83. The lowest BCUT2D eigenvalue weighted by Crippen LogP contribution is -2.53. The van der Waals surface area contributed by atoms with Crippen LogP contribution in [0.25, 0.3) is 0 Å². The second-order valence-electron chi connectivity index (χ2n) is 8.18. The number of aliphatic imine (C=N–C) groups is 1. The molecule has 0 radical (unpaired) electrons. The number of nitrogens with zero attached hydrogens (tertiary/aromatic N) is 4. The third-order valence-corrected chi connectivity index (χ3v) is 4.77. The molecule has 0 atom stereocenters. The predicted molar refractivity (Wildman–Crippen MR) is 128 cm³/mol. The largest absolute Gasteiger partial charge is 0.444 e. The maximum atomic E-state index is 12.2. The number of guanidine groups is 1. The standard InChI is InChI=1S/C21H31N5O2.HI/c1-21(2,3)28-20(27)26-13-11-25(12-14-26)19(22)23-16-17-7-6-8-18(15-17)24-9-4-5-10-24;/h4-8,15H,9-14,16H2,1-3H3,(H2,22,23);1H. The minimum atomic E-state index is -0.478. The van der Waals surface area contributed by atoms with Crippen molar-refractivity contribution in [2.45, 2.75) is 32.9 Å². The van der Waals surface area contributed by atoms with Crippen molar-refractivity contribution in [1.29, 1.82) is 0 Å². The van der Waals surface area contributed by atoms with Crippen LogP contribution in [0.3, 0.4) is 0 Å². The number of nitrogens with two attached hydrogens (primary N) is 1. The molecule has 2 aliphatic heterocycles. The lowest BCUT2D eigenvalue weighted by atomic mass is 10.2. The van der Waals surface area contributed by atoms with Gasteiger partial charge in [-0.2, -0.15) is 0 Å². The number of benzene rings is 1. The molecule has 160 valence electrons. The zero-order valence-electron chi connectivity index (χ0n) is 17.5. The highest BCUT2D eigenvalue weighted by atomic mass is 127. The van der Waals surface area contributed by atoms with E-state index in [1.165, 1.54) is 5.69 Å². The number of ether oxygens (including phenoxy) is 1. The second kappa shape index (κ2) is 10.2. The summed E-state index contributed by atoms with van der Waals surface area (Å²) in [5.41, 5.74) is 8.07. The summed E-state index contributed by atoms with van der Waals surface area (Å²) in [6.07, 6.45) is 4.09. The van der Waals surface area contributed by atoms with Gasteiger partial charge in [0.15, 0.2) is 5.96 Å². The van der Waals surface area contributed by atoms with Gasteiger partial charge in [-0.1, -0.05) is 24.3 Å². The van der Waals surface area contributed by atoms with E-state index in [1.54, 1.807) is 4.90 Å². The highest BCUT2D eigenvalue weighted by Gasteiger charge is 2.26. The van der Waals surface area contributed by atoms with Crippen molar-refractivity contribution < 1.29 is 9.53 Å². The molecule has 1 aromatic carbocycles. The molecule has 2 aliphatic rings. The average Bonchev–Trinajstić information content (AvgIpc) is 3.20. The number of amides is 1. The molecular formula is C21H32IN5O2. The van der Waals surface area contributed by atoms with Crippen LogP contribution < -0.4 is 10.6 Å². The molecule has 2 N–H and O–H groups in total. The van der Waals surface area contributed by atoms with Gasteiger partial charge >= 0.3 is 6.09 Å². The number of anilines is 1. The van der Waals surface area contributed by atoms with Crippen LogP contribution in [-0.4, -0.2) is 66.7 Å². The van der Waals surface area contributed by atoms with Crippen molar-refractivity contribution >= 4 is 41.7 Å². The average molecular weight is 513 g/mol. The van der Waals surface area contributed by atoms with E-state index in [9.17, 15) is 4.79 Å². The minimum absolute atomic E-state index is 0. The minimum Gasteiger partial charge on any atom is -0.444 e. The Morgan fingerprint density at radius 1 is 1.10 bits per heavy atom. The van der Waals surface area contributed by atoms with Crippen LogP contribution in [0, 0.1) is 0 Å². The van der Waals surface area contributed by atoms with Crippen molar-refractivity contribution in [3.8, 4) is 0 Å². The molecule has 0 spiro atoms. The Kier molecular flexibility index (Phi) is 8.18. The third-order valence-electron chi connectivity index (χ3n) is 4.77. The molecular weight excluding hydrogens is 481 g/mol. The lowest BCUT2D eigenvalue weighted by molar-refractivity contribution is 0.0186. The Morgan fingerprint density at radius 3 is 2.34 bits per heavy atom. The monoisotopic (exact) mass is 513 g/mol. The number of halogens is 1. The Labute approximate surface area is 190 Å². The van der Waals surface area contributed by atoms with Gasteiger partial charge in [-0.05, 0) is 38.5 Å². The van der Waals surface area contributed by atoms with E-state index >= 15 is 0 Å². The zero-order valence-corrected chi connectivity index (χ0v) is 19.8. The van der Waals surface area contributed by atoms with Crippen LogP contribution in [0.4, 0.5) is 10.5 Å². The molecule has 1 aromatic rings. The van der Waals surface area contributed by atoms with E-state index in [4.69, 9.17) is 10.5 Å². The molecule has 2 heterocycles. The first kappa shape index (κ1) is 23.3. The fraction of sp³-hybridized carbons (Fsp3) is 0.524. The summed E-state index contributed by atoms with van der Waals surface area (Å²) in [6, 6.07) is 8.43. The zero-order chi connectivity index (χ0) is 20.1. The van der Waals surface area contributed by atoms with Crippen molar-refractivity contribution in [3.63, 3.8) is 0 Å². The number of hydrogen-bond donors (Lipinski definition) is 1. The molecule has 0 aliphatic carbocycles. The number of piperazine rings is 1. The van der Waals surface area contributed by atoms with Gasteiger partial charge in [-0.25, -0.2) is 9.79 Å². The molecule has 1 saturated heterocycles. The fourth-order valence-electron chi connectivity index (χ4n) is 3.26. The molecule has 1 fully saturated rings. The summed E-state index contributed by atoms with van der Waals surface area (Å²) in [4.78, 5) is 22.8. The SMILES string of the molecule is CC(C)(C)OC(=O)N1CCN(C(N)=NCc2cccc(N3CC=CC3)c2)CC1.I. The summed E-state index contributed by atoms with van der Waals surface area (Å²) < 4.78 is 5.43. The van der Waals surface area contributed by atoms with E-state index in [1.807, 2.05) is 25.7 Å². The van der Waals surface area contributed by atoms with Crippen LogP contribution in [0.15, 0.2) is 41.4 Å². The van der Waals surface area contributed by atoms with Gasteiger partial charge in [-0.15, -0.1) is 24.0 Å². The first-order chi connectivity index (χ1) is 13.3. The lowest BCUT2D eigenvalue weighted by Gasteiger charge is -2.36. The fourth-order valence-corrected chi connectivity index (χ4v) is 3.26. The molecule has 0 bridgehead atoms. The van der Waals surface area contributed by atoms with Gasteiger partial charge in [0.25, 0.3) is 0 Å². The Bertz CT molecular complexity index is 744. The normalized spacial score (nSPS) is 17.3. The molecule has 8 heteroatoms. The second-order valence-corrected chi connectivity index (χ2v) is 8.18. The topological polar surface area (TPSA) is 74.4 Å². The highest BCUT2D eigenvalue weighted by Crippen LogP contribution is 2.19. The van der Waals surface area contributed by atoms with E-state index in [-0.39, 0.29) is 30.1 Å². The Morgan fingerprint density at radius 2 is 1.72 bits per heavy atom. The summed E-state index contributed by atoms with van der Waals surface area (Å²) >= 11 is 0. The van der Waals surface area contributed by atoms with Gasteiger partial charge in [0.1, 0.15) is 5.60 Å². The molecule has 0 saturated carbocycles. The maximum absolute atomic E-state index is 12.2.